The highest BCUT2D eigenvalue weighted by atomic mass is 127. The number of benzene rings is 2. The van der Waals surface area contributed by atoms with Gasteiger partial charge in [-0.3, -0.25) is 4.99 Å². The van der Waals surface area contributed by atoms with Crippen LogP contribution >= 0.6 is 24.0 Å². The second kappa shape index (κ2) is 11.5. The molecule has 0 amide bonds. The lowest BCUT2D eigenvalue weighted by molar-refractivity contribution is 0.336. The summed E-state index contributed by atoms with van der Waals surface area (Å²) in [6.45, 7) is 3.18. The average molecular weight is 471 g/mol. The van der Waals surface area contributed by atoms with E-state index in [1.807, 2.05) is 49.4 Å². The van der Waals surface area contributed by atoms with Crippen LogP contribution in [0, 0.1) is 0 Å². The number of hydrogen-bond acceptors (Lipinski definition) is 4. The Morgan fingerprint density at radius 1 is 1.04 bits per heavy atom. The van der Waals surface area contributed by atoms with Crippen LogP contribution in [0.1, 0.15) is 12.5 Å². The molecule has 6 nitrogen and oxygen atoms in total. The predicted molar refractivity (Wildman–Crippen MR) is 116 cm³/mol. The van der Waals surface area contributed by atoms with Crippen LogP contribution in [-0.2, 0) is 6.42 Å². The maximum absolute atomic E-state index is 5.96. The van der Waals surface area contributed by atoms with Crippen molar-refractivity contribution in [2.24, 2.45) is 10.7 Å². The van der Waals surface area contributed by atoms with E-state index in [1.165, 1.54) is 0 Å². The summed E-state index contributed by atoms with van der Waals surface area (Å²) in [6, 6.07) is 13.4. The average Bonchev–Trinajstić information content (AvgIpc) is 2.63. The van der Waals surface area contributed by atoms with Crippen molar-refractivity contribution in [2.45, 2.75) is 13.3 Å². The van der Waals surface area contributed by atoms with Crippen molar-refractivity contribution in [3.8, 4) is 17.2 Å². The SMILES string of the molecule is CCOc1ccccc1CCN=C(N)Nc1ccc(OC)c(OC)c1.I. The molecule has 2 rings (SSSR count). The van der Waals surface area contributed by atoms with E-state index in [1.54, 1.807) is 14.2 Å². The van der Waals surface area contributed by atoms with Crippen LogP contribution in [-0.4, -0.2) is 33.3 Å². The lowest BCUT2D eigenvalue weighted by atomic mass is 10.1. The first-order chi connectivity index (χ1) is 12.2. The summed E-state index contributed by atoms with van der Waals surface area (Å²) < 4.78 is 16.1. The Bertz CT molecular complexity index is 723. The van der Waals surface area contributed by atoms with Gasteiger partial charge in [-0.2, -0.15) is 0 Å². The van der Waals surface area contributed by atoms with E-state index in [9.17, 15) is 0 Å². The number of aliphatic imine (C=N–C) groups is 1. The standard InChI is InChI=1S/C19H25N3O3.HI/c1-4-25-16-8-6-5-7-14(16)11-12-21-19(20)22-15-9-10-17(23-2)18(13-15)24-3;/h5-10,13H,4,11-12H2,1-3H3,(H3,20,21,22);1H. The Labute approximate surface area is 171 Å². The minimum atomic E-state index is 0. The Balaban J connectivity index is 0.00000338. The zero-order valence-corrected chi connectivity index (χ0v) is 17.7. The molecule has 26 heavy (non-hydrogen) atoms. The molecule has 0 aliphatic rings. The van der Waals surface area contributed by atoms with Crippen molar-refractivity contribution >= 4 is 35.6 Å². The van der Waals surface area contributed by atoms with Crippen LogP contribution in [0.25, 0.3) is 0 Å². The van der Waals surface area contributed by atoms with Crippen molar-refractivity contribution in [2.75, 3.05) is 32.7 Å². The van der Waals surface area contributed by atoms with Crippen LogP contribution < -0.4 is 25.3 Å². The van der Waals surface area contributed by atoms with E-state index >= 15 is 0 Å². The Kier molecular flexibility index (Phi) is 9.64. The highest BCUT2D eigenvalue weighted by Crippen LogP contribution is 2.29. The molecule has 3 N–H and O–H groups in total. The van der Waals surface area contributed by atoms with Crippen molar-refractivity contribution in [1.82, 2.24) is 0 Å². The topological polar surface area (TPSA) is 78.1 Å². The van der Waals surface area contributed by atoms with Gasteiger partial charge in [-0.05, 0) is 37.1 Å². The third-order valence-electron chi connectivity index (χ3n) is 3.59. The third-order valence-corrected chi connectivity index (χ3v) is 3.59. The number of para-hydroxylation sites is 1. The van der Waals surface area contributed by atoms with Gasteiger partial charge in [0.1, 0.15) is 5.75 Å². The molecular weight excluding hydrogens is 445 g/mol. The van der Waals surface area contributed by atoms with Crippen LogP contribution in [0.5, 0.6) is 17.2 Å². The zero-order chi connectivity index (χ0) is 18.1. The number of nitrogens with zero attached hydrogens (tertiary/aromatic N) is 1. The number of nitrogens with one attached hydrogen (secondary N) is 1. The maximum atomic E-state index is 5.96. The van der Waals surface area contributed by atoms with E-state index < -0.39 is 0 Å². The van der Waals surface area contributed by atoms with Gasteiger partial charge in [0.2, 0.25) is 0 Å². The molecule has 0 aliphatic carbocycles. The molecule has 0 heterocycles. The van der Waals surface area contributed by atoms with E-state index in [4.69, 9.17) is 19.9 Å². The summed E-state index contributed by atoms with van der Waals surface area (Å²) in [7, 11) is 3.19. The zero-order valence-electron chi connectivity index (χ0n) is 15.3. The third kappa shape index (κ3) is 6.29. The number of halogens is 1. The summed E-state index contributed by atoms with van der Waals surface area (Å²) in [6.07, 6.45) is 0.754. The van der Waals surface area contributed by atoms with Crippen LogP contribution in [0.15, 0.2) is 47.5 Å². The smallest absolute Gasteiger partial charge is 0.193 e. The second-order valence-electron chi connectivity index (χ2n) is 5.25. The maximum Gasteiger partial charge on any atom is 0.193 e. The van der Waals surface area contributed by atoms with Gasteiger partial charge >= 0.3 is 0 Å². The molecule has 0 atom stereocenters. The fraction of sp³-hybridized carbons (Fsp3) is 0.316. The summed E-state index contributed by atoms with van der Waals surface area (Å²) in [5.74, 6) is 2.54. The number of hydrogen-bond donors (Lipinski definition) is 2. The first-order valence-corrected chi connectivity index (χ1v) is 8.17. The van der Waals surface area contributed by atoms with Crippen LogP contribution in [0.4, 0.5) is 5.69 Å². The molecule has 142 valence electrons. The summed E-state index contributed by atoms with van der Waals surface area (Å²) >= 11 is 0. The molecule has 0 bridgehead atoms. The van der Waals surface area contributed by atoms with Crippen molar-refractivity contribution in [3.05, 3.63) is 48.0 Å². The highest BCUT2D eigenvalue weighted by molar-refractivity contribution is 14.0. The molecule has 0 saturated carbocycles. The van der Waals surface area contributed by atoms with E-state index in [-0.39, 0.29) is 24.0 Å². The predicted octanol–water partition coefficient (Wildman–Crippen LogP) is 3.69. The fourth-order valence-corrected chi connectivity index (χ4v) is 2.40. The molecule has 2 aromatic carbocycles. The van der Waals surface area contributed by atoms with Gasteiger partial charge in [-0.15, -0.1) is 24.0 Å². The van der Waals surface area contributed by atoms with E-state index in [0.717, 1.165) is 23.4 Å². The van der Waals surface area contributed by atoms with Gasteiger partial charge in [-0.1, -0.05) is 18.2 Å². The number of ether oxygens (including phenoxy) is 3. The first-order valence-electron chi connectivity index (χ1n) is 8.17. The molecule has 0 unspecified atom stereocenters. The second-order valence-corrected chi connectivity index (χ2v) is 5.25. The van der Waals surface area contributed by atoms with Crippen molar-refractivity contribution in [3.63, 3.8) is 0 Å². The Morgan fingerprint density at radius 3 is 2.46 bits per heavy atom. The van der Waals surface area contributed by atoms with E-state index in [0.29, 0.717) is 30.6 Å². The van der Waals surface area contributed by atoms with Crippen molar-refractivity contribution < 1.29 is 14.2 Å². The summed E-state index contributed by atoms with van der Waals surface area (Å²) in [5, 5.41) is 3.05. The van der Waals surface area contributed by atoms with Gasteiger partial charge in [0, 0.05) is 18.3 Å². The largest absolute Gasteiger partial charge is 0.494 e. The number of anilines is 1. The number of methoxy groups -OCH3 is 2. The monoisotopic (exact) mass is 471 g/mol. The minimum Gasteiger partial charge on any atom is -0.494 e. The number of rotatable bonds is 8. The van der Waals surface area contributed by atoms with Gasteiger partial charge in [0.25, 0.3) is 0 Å². The van der Waals surface area contributed by atoms with Crippen LogP contribution in [0.2, 0.25) is 0 Å². The molecular formula is C19H26IN3O3. The normalized spacial score (nSPS) is 10.7. The summed E-state index contributed by atoms with van der Waals surface area (Å²) in [4.78, 5) is 4.37. The van der Waals surface area contributed by atoms with Gasteiger partial charge in [0.15, 0.2) is 17.5 Å². The lowest BCUT2D eigenvalue weighted by Crippen LogP contribution is -2.23. The first kappa shape index (κ1) is 21.9. The molecule has 2 aromatic rings. The Morgan fingerprint density at radius 2 is 1.77 bits per heavy atom. The Hall–Kier alpha value is -2.16. The van der Waals surface area contributed by atoms with Gasteiger partial charge in [-0.25, -0.2) is 0 Å². The molecule has 0 spiro atoms. The lowest BCUT2D eigenvalue weighted by Gasteiger charge is -2.11. The molecule has 7 heteroatoms. The number of guanidine groups is 1. The molecule has 0 aromatic heterocycles. The molecule has 0 radical (unpaired) electrons. The quantitative estimate of drug-likeness (QED) is 0.349. The van der Waals surface area contributed by atoms with Gasteiger partial charge in [0.05, 0.1) is 20.8 Å². The minimum absolute atomic E-state index is 0. The van der Waals surface area contributed by atoms with E-state index in [2.05, 4.69) is 10.3 Å². The molecule has 0 saturated heterocycles. The fourth-order valence-electron chi connectivity index (χ4n) is 2.40. The highest BCUT2D eigenvalue weighted by Gasteiger charge is 2.05. The molecule has 0 fully saturated rings. The summed E-state index contributed by atoms with van der Waals surface area (Å²) in [5.41, 5.74) is 7.87. The number of nitrogens with two attached hydrogens (primary N) is 1. The molecule has 0 aliphatic heterocycles. The van der Waals surface area contributed by atoms with Crippen molar-refractivity contribution in [1.29, 1.82) is 0 Å². The van der Waals surface area contributed by atoms with Gasteiger partial charge < -0.3 is 25.3 Å². The van der Waals surface area contributed by atoms with Crippen LogP contribution in [0.3, 0.4) is 0 Å².